The molecule has 0 saturated heterocycles. The molecule has 0 bridgehead atoms. The summed E-state index contributed by atoms with van der Waals surface area (Å²) >= 11 is 0. The average molecular weight is 224 g/mol. The van der Waals surface area contributed by atoms with Gasteiger partial charge in [-0.1, -0.05) is 0 Å². The molecule has 1 N–H and O–H groups in total. The fourth-order valence-electron chi connectivity index (χ4n) is 1.38. The molecule has 4 heteroatoms. The van der Waals surface area contributed by atoms with Gasteiger partial charge in [0.15, 0.2) is 0 Å². The lowest BCUT2D eigenvalue weighted by molar-refractivity contribution is 0.288. The molecule has 2 rings (SSSR count). The van der Waals surface area contributed by atoms with E-state index in [1.807, 2.05) is 12.1 Å². The van der Waals surface area contributed by atoms with Gasteiger partial charge in [0.25, 0.3) is 0 Å². The summed E-state index contributed by atoms with van der Waals surface area (Å²) in [7, 11) is 0. The van der Waals surface area contributed by atoms with Crippen LogP contribution in [0.4, 0.5) is 4.39 Å². The maximum absolute atomic E-state index is 11.8. The Kier molecular flexibility index (Phi) is 4.10. The molecule has 88 valence electrons. The summed E-state index contributed by atoms with van der Waals surface area (Å²) < 4.78 is 17.2. The van der Waals surface area contributed by atoms with Crippen molar-refractivity contribution >= 4 is 0 Å². The molecule has 16 heavy (non-hydrogen) atoms. The van der Waals surface area contributed by atoms with Crippen LogP contribution in [0, 0.1) is 0 Å². The number of pyridine rings is 1. The zero-order valence-electron chi connectivity index (χ0n) is 9.29. The van der Waals surface area contributed by atoms with Gasteiger partial charge < -0.3 is 10.1 Å². The Hall–Kier alpha value is -1.16. The third-order valence-corrected chi connectivity index (χ3v) is 2.49. The third kappa shape index (κ3) is 3.77. The van der Waals surface area contributed by atoms with E-state index in [2.05, 4.69) is 10.3 Å². The van der Waals surface area contributed by atoms with Gasteiger partial charge in [-0.05, 0) is 25.0 Å². The number of nitrogens with zero attached hydrogens (tertiary/aromatic N) is 1. The summed E-state index contributed by atoms with van der Waals surface area (Å²) in [6, 6.07) is 4.53. The van der Waals surface area contributed by atoms with Crippen LogP contribution in [0.3, 0.4) is 0 Å². The van der Waals surface area contributed by atoms with E-state index in [9.17, 15) is 4.39 Å². The highest BCUT2D eigenvalue weighted by Crippen LogP contribution is 2.19. The van der Waals surface area contributed by atoms with E-state index in [0.29, 0.717) is 24.8 Å². The number of alkyl halides is 1. The molecule has 1 aromatic heterocycles. The van der Waals surface area contributed by atoms with E-state index < -0.39 is 0 Å². The van der Waals surface area contributed by atoms with Crippen molar-refractivity contribution in [1.29, 1.82) is 0 Å². The Morgan fingerprint density at radius 3 is 2.94 bits per heavy atom. The molecule has 0 spiro atoms. The Balaban J connectivity index is 1.74. The van der Waals surface area contributed by atoms with Crippen LogP contribution in [0.2, 0.25) is 0 Å². The SMILES string of the molecule is FCCCOc1ccc(CNC2CC2)nc1. The van der Waals surface area contributed by atoms with Gasteiger partial charge in [-0.2, -0.15) is 0 Å². The number of hydrogen-bond donors (Lipinski definition) is 1. The number of hydrogen-bond acceptors (Lipinski definition) is 3. The molecule has 0 amide bonds. The van der Waals surface area contributed by atoms with Crippen molar-refractivity contribution in [3.8, 4) is 5.75 Å². The molecule has 0 radical (unpaired) electrons. The second-order valence-electron chi connectivity index (χ2n) is 4.03. The Morgan fingerprint density at radius 2 is 2.31 bits per heavy atom. The lowest BCUT2D eigenvalue weighted by Crippen LogP contribution is -2.16. The van der Waals surface area contributed by atoms with Crippen molar-refractivity contribution in [2.24, 2.45) is 0 Å². The van der Waals surface area contributed by atoms with Gasteiger partial charge in [-0.15, -0.1) is 0 Å². The second-order valence-corrected chi connectivity index (χ2v) is 4.03. The summed E-state index contributed by atoms with van der Waals surface area (Å²) in [6.45, 7) is 0.893. The topological polar surface area (TPSA) is 34.1 Å². The first kappa shape index (κ1) is 11.3. The van der Waals surface area contributed by atoms with Crippen LogP contribution < -0.4 is 10.1 Å². The first-order valence-electron chi connectivity index (χ1n) is 5.75. The molecular weight excluding hydrogens is 207 g/mol. The number of ether oxygens (including phenoxy) is 1. The summed E-state index contributed by atoms with van der Waals surface area (Å²) in [5.41, 5.74) is 1.02. The molecule has 0 aliphatic heterocycles. The Labute approximate surface area is 95.0 Å². The lowest BCUT2D eigenvalue weighted by atomic mass is 10.3. The standard InChI is InChI=1S/C12H17FN2O/c13-6-1-7-16-12-5-4-11(15-9-12)8-14-10-2-3-10/h4-5,9-10,14H,1-3,6-8H2. The minimum absolute atomic E-state index is 0.336. The molecular formula is C12H17FN2O. The van der Waals surface area contributed by atoms with E-state index in [0.717, 1.165) is 12.2 Å². The van der Waals surface area contributed by atoms with Gasteiger partial charge in [-0.25, -0.2) is 0 Å². The van der Waals surface area contributed by atoms with Crippen molar-refractivity contribution < 1.29 is 9.13 Å². The van der Waals surface area contributed by atoms with Gasteiger partial charge in [0, 0.05) is 19.0 Å². The van der Waals surface area contributed by atoms with Gasteiger partial charge in [-0.3, -0.25) is 9.37 Å². The second kappa shape index (κ2) is 5.80. The third-order valence-electron chi connectivity index (χ3n) is 2.49. The fourth-order valence-corrected chi connectivity index (χ4v) is 1.38. The van der Waals surface area contributed by atoms with E-state index >= 15 is 0 Å². The van der Waals surface area contributed by atoms with Crippen LogP contribution in [0.25, 0.3) is 0 Å². The highest BCUT2D eigenvalue weighted by Gasteiger charge is 2.19. The van der Waals surface area contributed by atoms with Crippen molar-refractivity contribution in [2.45, 2.75) is 31.8 Å². The maximum Gasteiger partial charge on any atom is 0.137 e. The van der Waals surface area contributed by atoms with E-state index in [-0.39, 0.29) is 6.67 Å². The molecule has 1 aromatic rings. The number of nitrogens with one attached hydrogen (secondary N) is 1. The average Bonchev–Trinajstić information content (AvgIpc) is 3.12. The largest absolute Gasteiger partial charge is 0.492 e. The normalized spacial score (nSPS) is 15.1. The number of rotatable bonds is 7. The summed E-state index contributed by atoms with van der Waals surface area (Å²) in [4.78, 5) is 4.28. The Morgan fingerprint density at radius 1 is 1.44 bits per heavy atom. The monoisotopic (exact) mass is 224 g/mol. The first-order valence-corrected chi connectivity index (χ1v) is 5.75. The predicted octanol–water partition coefficient (Wildman–Crippen LogP) is 2.07. The van der Waals surface area contributed by atoms with Crippen molar-refractivity contribution in [2.75, 3.05) is 13.3 Å². The summed E-state index contributed by atoms with van der Waals surface area (Å²) in [5.74, 6) is 0.712. The molecule has 1 saturated carbocycles. The maximum atomic E-state index is 11.8. The predicted molar refractivity (Wildman–Crippen MR) is 60.2 cm³/mol. The zero-order valence-corrected chi connectivity index (χ0v) is 9.29. The molecule has 0 atom stereocenters. The Bertz CT molecular complexity index is 311. The summed E-state index contributed by atoms with van der Waals surface area (Å²) in [6.07, 6.45) is 4.70. The van der Waals surface area contributed by atoms with Gasteiger partial charge in [0.1, 0.15) is 5.75 Å². The van der Waals surface area contributed by atoms with Crippen molar-refractivity contribution in [3.05, 3.63) is 24.0 Å². The smallest absolute Gasteiger partial charge is 0.137 e. The van der Waals surface area contributed by atoms with E-state index in [1.165, 1.54) is 12.8 Å². The first-order chi connectivity index (χ1) is 7.88. The van der Waals surface area contributed by atoms with Crippen molar-refractivity contribution in [1.82, 2.24) is 10.3 Å². The van der Waals surface area contributed by atoms with Gasteiger partial charge >= 0.3 is 0 Å². The van der Waals surface area contributed by atoms with Crippen LogP contribution in [0.5, 0.6) is 5.75 Å². The molecule has 1 aliphatic carbocycles. The fraction of sp³-hybridized carbons (Fsp3) is 0.583. The quantitative estimate of drug-likeness (QED) is 0.720. The minimum atomic E-state index is -0.336. The number of aromatic nitrogens is 1. The molecule has 1 aliphatic rings. The van der Waals surface area contributed by atoms with Crippen LogP contribution in [-0.4, -0.2) is 24.3 Å². The number of halogens is 1. The van der Waals surface area contributed by atoms with Gasteiger partial charge in [0.2, 0.25) is 0 Å². The molecule has 1 fully saturated rings. The highest BCUT2D eigenvalue weighted by atomic mass is 19.1. The molecule has 0 unspecified atom stereocenters. The minimum Gasteiger partial charge on any atom is -0.492 e. The van der Waals surface area contributed by atoms with Gasteiger partial charge in [0.05, 0.1) is 25.2 Å². The lowest BCUT2D eigenvalue weighted by Gasteiger charge is -2.06. The van der Waals surface area contributed by atoms with Crippen LogP contribution in [-0.2, 0) is 6.54 Å². The van der Waals surface area contributed by atoms with Crippen molar-refractivity contribution in [3.63, 3.8) is 0 Å². The van der Waals surface area contributed by atoms with Crippen LogP contribution in [0.1, 0.15) is 25.0 Å². The summed E-state index contributed by atoms with van der Waals surface area (Å²) in [5, 5.41) is 3.39. The molecule has 0 aromatic carbocycles. The van der Waals surface area contributed by atoms with E-state index in [4.69, 9.17) is 4.74 Å². The van der Waals surface area contributed by atoms with Crippen LogP contribution in [0.15, 0.2) is 18.3 Å². The molecule has 1 heterocycles. The molecule has 3 nitrogen and oxygen atoms in total. The van der Waals surface area contributed by atoms with Crippen LogP contribution >= 0.6 is 0 Å². The highest BCUT2D eigenvalue weighted by molar-refractivity contribution is 5.19. The zero-order chi connectivity index (χ0) is 11.2. The van der Waals surface area contributed by atoms with E-state index in [1.54, 1.807) is 6.20 Å².